The molecule has 3 N–H and O–H groups in total. The molecular weight excluding hydrogens is 276 g/mol. The first kappa shape index (κ1) is 15.0. The predicted molar refractivity (Wildman–Crippen MR) is 74.2 cm³/mol. The highest BCUT2D eigenvalue weighted by Gasteiger charge is 2.38. The molecule has 2 atom stereocenters. The molecule has 1 aliphatic heterocycles. The molecule has 7 heteroatoms. The number of β-amino-alcohol motifs (C(OH)–C–C–N with tert-alkyl or cyclic N) is 1. The molecule has 0 unspecified atom stereocenters. The number of carboxylic acids is 1. The molecule has 1 fully saturated rings. The SMILES string of the molecule is CC(=O)c1ccc(NC(=O)N2C[C@H](O)C[C@@H]2C(=O)O)cc1. The maximum absolute atomic E-state index is 12.1. The summed E-state index contributed by atoms with van der Waals surface area (Å²) in [6.45, 7) is 1.42. The molecule has 1 aromatic carbocycles. The average molecular weight is 292 g/mol. The highest BCUT2D eigenvalue weighted by molar-refractivity contribution is 5.96. The van der Waals surface area contributed by atoms with Crippen molar-refractivity contribution in [2.24, 2.45) is 0 Å². The van der Waals surface area contributed by atoms with Crippen LogP contribution in [0.15, 0.2) is 24.3 Å². The Kier molecular flexibility index (Phi) is 4.23. The first-order valence-corrected chi connectivity index (χ1v) is 6.48. The van der Waals surface area contributed by atoms with Crippen molar-refractivity contribution in [1.82, 2.24) is 4.90 Å². The zero-order valence-corrected chi connectivity index (χ0v) is 11.4. The Morgan fingerprint density at radius 2 is 1.86 bits per heavy atom. The Balaban J connectivity index is 2.06. The van der Waals surface area contributed by atoms with Gasteiger partial charge in [-0.3, -0.25) is 4.79 Å². The van der Waals surface area contributed by atoms with Crippen molar-refractivity contribution in [1.29, 1.82) is 0 Å². The molecule has 0 bridgehead atoms. The maximum Gasteiger partial charge on any atom is 0.326 e. The summed E-state index contributed by atoms with van der Waals surface area (Å²) in [4.78, 5) is 35.4. The van der Waals surface area contributed by atoms with Crippen molar-refractivity contribution in [2.45, 2.75) is 25.5 Å². The number of carbonyl (C=O) groups excluding carboxylic acids is 2. The van der Waals surface area contributed by atoms with Crippen molar-refractivity contribution in [2.75, 3.05) is 11.9 Å². The highest BCUT2D eigenvalue weighted by Crippen LogP contribution is 2.20. The van der Waals surface area contributed by atoms with Gasteiger partial charge in [0.1, 0.15) is 6.04 Å². The van der Waals surface area contributed by atoms with E-state index >= 15 is 0 Å². The number of aliphatic hydroxyl groups excluding tert-OH is 1. The minimum Gasteiger partial charge on any atom is -0.480 e. The fourth-order valence-electron chi connectivity index (χ4n) is 2.26. The molecule has 1 aliphatic rings. The third-order valence-electron chi connectivity index (χ3n) is 3.37. The quantitative estimate of drug-likeness (QED) is 0.719. The van der Waals surface area contributed by atoms with Crippen LogP contribution in [0.1, 0.15) is 23.7 Å². The van der Waals surface area contributed by atoms with Gasteiger partial charge in [-0.1, -0.05) is 0 Å². The summed E-state index contributed by atoms with van der Waals surface area (Å²) in [6, 6.07) is 4.66. The van der Waals surface area contributed by atoms with Gasteiger partial charge in [0.25, 0.3) is 0 Å². The summed E-state index contributed by atoms with van der Waals surface area (Å²) >= 11 is 0. The Hall–Kier alpha value is -2.41. The number of anilines is 1. The van der Waals surface area contributed by atoms with Gasteiger partial charge in [0.15, 0.2) is 5.78 Å². The molecular formula is C14H16N2O5. The van der Waals surface area contributed by atoms with Crippen LogP contribution in [0.5, 0.6) is 0 Å². The molecule has 112 valence electrons. The van der Waals surface area contributed by atoms with Crippen molar-refractivity contribution >= 4 is 23.5 Å². The summed E-state index contributed by atoms with van der Waals surface area (Å²) in [6.07, 6.45) is -0.816. The van der Waals surface area contributed by atoms with Crippen molar-refractivity contribution in [3.05, 3.63) is 29.8 Å². The van der Waals surface area contributed by atoms with E-state index in [9.17, 15) is 19.5 Å². The van der Waals surface area contributed by atoms with Crippen LogP contribution in [-0.2, 0) is 4.79 Å². The van der Waals surface area contributed by atoms with E-state index < -0.39 is 24.1 Å². The van der Waals surface area contributed by atoms with Crippen LogP contribution in [0.25, 0.3) is 0 Å². The van der Waals surface area contributed by atoms with E-state index in [1.165, 1.54) is 6.92 Å². The number of benzene rings is 1. The van der Waals surface area contributed by atoms with Gasteiger partial charge in [0, 0.05) is 24.2 Å². The molecule has 0 aliphatic carbocycles. The van der Waals surface area contributed by atoms with Gasteiger partial charge < -0.3 is 20.4 Å². The zero-order chi connectivity index (χ0) is 15.6. The number of aliphatic carboxylic acids is 1. The van der Waals surface area contributed by atoms with E-state index in [4.69, 9.17) is 5.11 Å². The summed E-state index contributed by atoms with van der Waals surface area (Å²) in [7, 11) is 0. The lowest BCUT2D eigenvalue weighted by molar-refractivity contribution is -0.141. The number of rotatable bonds is 3. The molecule has 1 aromatic rings. The Bertz CT molecular complexity index is 569. The largest absolute Gasteiger partial charge is 0.480 e. The highest BCUT2D eigenvalue weighted by atomic mass is 16.4. The third-order valence-corrected chi connectivity index (χ3v) is 3.37. The van der Waals surface area contributed by atoms with Gasteiger partial charge in [-0.15, -0.1) is 0 Å². The normalized spacial score (nSPS) is 21.1. The molecule has 21 heavy (non-hydrogen) atoms. The van der Waals surface area contributed by atoms with E-state index in [-0.39, 0.29) is 18.7 Å². The fraction of sp³-hybridized carbons (Fsp3) is 0.357. The van der Waals surface area contributed by atoms with Crippen LogP contribution in [0.2, 0.25) is 0 Å². The molecule has 0 aromatic heterocycles. The third kappa shape index (κ3) is 3.38. The molecule has 7 nitrogen and oxygen atoms in total. The Labute approximate surface area is 121 Å². The number of amides is 2. The smallest absolute Gasteiger partial charge is 0.326 e. The zero-order valence-electron chi connectivity index (χ0n) is 11.4. The number of nitrogens with one attached hydrogen (secondary N) is 1. The number of urea groups is 1. The summed E-state index contributed by atoms with van der Waals surface area (Å²) in [5.41, 5.74) is 0.975. The number of likely N-dealkylation sites (tertiary alicyclic amines) is 1. The number of Topliss-reactive ketones (excluding diaryl/α,β-unsaturated/α-hetero) is 1. The van der Waals surface area contributed by atoms with Gasteiger partial charge in [0.2, 0.25) is 0 Å². The first-order valence-electron chi connectivity index (χ1n) is 6.48. The molecule has 0 saturated carbocycles. The second kappa shape index (κ2) is 5.92. The van der Waals surface area contributed by atoms with Crippen LogP contribution in [0.4, 0.5) is 10.5 Å². The Morgan fingerprint density at radius 3 is 2.38 bits per heavy atom. The molecule has 0 spiro atoms. The predicted octanol–water partition coefficient (Wildman–Crippen LogP) is 0.941. The van der Waals surface area contributed by atoms with E-state index in [1.807, 2.05) is 0 Å². The lowest BCUT2D eigenvalue weighted by Gasteiger charge is -2.21. The van der Waals surface area contributed by atoms with Gasteiger partial charge in [-0.25, -0.2) is 9.59 Å². The number of carbonyl (C=O) groups is 3. The molecule has 1 saturated heterocycles. The lowest BCUT2D eigenvalue weighted by Crippen LogP contribution is -2.43. The van der Waals surface area contributed by atoms with Crippen LogP contribution in [0, 0.1) is 0 Å². The van der Waals surface area contributed by atoms with Crippen molar-refractivity contribution in [3.8, 4) is 0 Å². The van der Waals surface area contributed by atoms with E-state index in [1.54, 1.807) is 24.3 Å². The Morgan fingerprint density at radius 1 is 1.24 bits per heavy atom. The number of ketones is 1. The van der Waals surface area contributed by atoms with Crippen molar-refractivity contribution in [3.63, 3.8) is 0 Å². The van der Waals surface area contributed by atoms with E-state index in [2.05, 4.69) is 5.32 Å². The molecule has 1 heterocycles. The molecule has 2 amide bonds. The second-order valence-electron chi connectivity index (χ2n) is 4.96. The topological polar surface area (TPSA) is 107 Å². The number of nitrogens with zero attached hydrogens (tertiary/aromatic N) is 1. The maximum atomic E-state index is 12.1. The van der Waals surface area contributed by atoms with E-state index in [0.29, 0.717) is 11.3 Å². The summed E-state index contributed by atoms with van der Waals surface area (Å²) in [5, 5.41) is 21.1. The number of hydrogen-bond donors (Lipinski definition) is 3. The van der Waals surface area contributed by atoms with Crippen LogP contribution < -0.4 is 5.32 Å². The van der Waals surface area contributed by atoms with Crippen molar-refractivity contribution < 1.29 is 24.6 Å². The minimum atomic E-state index is -1.14. The van der Waals surface area contributed by atoms with Crippen LogP contribution >= 0.6 is 0 Å². The van der Waals surface area contributed by atoms with Gasteiger partial charge in [-0.2, -0.15) is 0 Å². The van der Waals surface area contributed by atoms with Crippen LogP contribution in [-0.4, -0.2) is 51.6 Å². The molecule has 0 radical (unpaired) electrons. The standard InChI is InChI=1S/C14H16N2O5/c1-8(17)9-2-4-10(5-3-9)15-14(21)16-7-11(18)6-12(16)13(19)20/h2-5,11-12,18H,6-7H2,1H3,(H,15,21)(H,19,20)/t11-,12-/m1/s1. The summed E-state index contributed by atoms with van der Waals surface area (Å²) < 4.78 is 0. The minimum absolute atomic E-state index is 0.0195. The fourth-order valence-corrected chi connectivity index (χ4v) is 2.26. The van der Waals surface area contributed by atoms with Gasteiger partial charge >= 0.3 is 12.0 Å². The first-order chi connectivity index (χ1) is 9.88. The number of hydrogen-bond acceptors (Lipinski definition) is 4. The number of carboxylic acid groups (broad SMARTS) is 1. The molecule has 2 rings (SSSR count). The van der Waals surface area contributed by atoms with E-state index in [0.717, 1.165) is 4.90 Å². The lowest BCUT2D eigenvalue weighted by atomic mass is 10.1. The van der Waals surface area contributed by atoms with Gasteiger partial charge in [0.05, 0.1) is 6.10 Å². The average Bonchev–Trinajstić information content (AvgIpc) is 2.82. The summed E-state index contributed by atoms with van der Waals surface area (Å²) in [5.74, 6) is -1.23. The monoisotopic (exact) mass is 292 g/mol. The number of aliphatic hydroxyl groups is 1. The second-order valence-corrected chi connectivity index (χ2v) is 4.96. The van der Waals surface area contributed by atoms with Crippen LogP contribution in [0.3, 0.4) is 0 Å². The van der Waals surface area contributed by atoms with Gasteiger partial charge in [-0.05, 0) is 31.2 Å².